The van der Waals surface area contributed by atoms with Crippen LogP contribution in [0.5, 0.6) is 0 Å². The number of aliphatic carboxylic acids is 1. The smallest absolute Gasteiger partial charge is 0.306 e. The van der Waals surface area contributed by atoms with Crippen LogP contribution in [0.3, 0.4) is 0 Å². The zero-order valence-electron chi connectivity index (χ0n) is 36.2. The van der Waals surface area contributed by atoms with E-state index in [4.69, 9.17) is 24.7 Å². The number of primary amides is 1. The summed E-state index contributed by atoms with van der Waals surface area (Å²) >= 11 is 0. The molecular weight excluding hydrogens is 744 g/mol. The van der Waals surface area contributed by atoms with Gasteiger partial charge in [0.05, 0.1) is 24.7 Å². The van der Waals surface area contributed by atoms with Crippen LogP contribution in [0.1, 0.15) is 149 Å². The van der Waals surface area contributed by atoms with Crippen molar-refractivity contribution in [2.45, 2.75) is 199 Å². The van der Waals surface area contributed by atoms with Crippen molar-refractivity contribution in [3.63, 3.8) is 0 Å². The molecule has 9 unspecified atom stereocenters. The summed E-state index contributed by atoms with van der Waals surface area (Å²) in [4.78, 5) is 39.0. The predicted molar refractivity (Wildman–Crippen MR) is 224 cm³/mol. The number of hydrogen-bond acceptors (Lipinski definition) is 10. The fraction of sp³-hybridized carbons (Fsp3) is 0.800. The average molecular weight is 823 g/mol. The third kappa shape index (κ3) is 21.0. The summed E-state index contributed by atoms with van der Waals surface area (Å²) < 4.78 is 23.8. The van der Waals surface area contributed by atoms with Crippen LogP contribution in [0.25, 0.3) is 0 Å². The highest BCUT2D eigenvalue weighted by Gasteiger charge is 2.47. The molecule has 0 spiro atoms. The van der Waals surface area contributed by atoms with Crippen molar-refractivity contribution in [1.82, 2.24) is 5.32 Å². The second kappa shape index (κ2) is 28.8. The van der Waals surface area contributed by atoms with E-state index in [0.29, 0.717) is 19.4 Å². The van der Waals surface area contributed by atoms with Gasteiger partial charge in [-0.05, 0) is 78.2 Å². The van der Waals surface area contributed by atoms with E-state index in [0.717, 1.165) is 31.2 Å². The Morgan fingerprint density at radius 3 is 1.98 bits per heavy atom. The number of unbranched alkanes of at least 4 members (excludes halogenated alkanes) is 11. The second-order valence-electron chi connectivity index (χ2n) is 17.2. The van der Waals surface area contributed by atoms with E-state index in [1.807, 2.05) is 51.1 Å². The molecule has 9 atom stereocenters. The van der Waals surface area contributed by atoms with Crippen molar-refractivity contribution in [2.24, 2.45) is 17.6 Å². The standard InChI is InChI=1S/C45H78N2O11/c1-6-7-8-9-10-11-12-13-14-15-16-20-28-56-44-39(50)40(38(49)36(58-44)27-29-55-32(2)31-48)57-37(41(46)51)30-35(42(52)47-45(3,4)5)26-25-34(43(53)54)24-23-33-21-18-17-19-22-33/h17-19,21-22,32,34-40,44,48-50H,6-16,20,23-31H2,1-5H3,(H2,46,51)(H,47,52)(H,53,54). The number of carbonyl (C=O) groups is 3. The van der Waals surface area contributed by atoms with Crippen molar-refractivity contribution in [1.29, 1.82) is 0 Å². The molecule has 58 heavy (non-hydrogen) atoms. The minimum atomic E-state index is -1.50. The number of aliphatic hydroxyl groups is 3. The van der Waals surface area contributed by atoms with E-state index < -0.39 is 72.2 Å². The fourth-order valence-electron chi connectivity index (χ4n) is 7.31. The molecule has 0 saturated carbocycles. The first-order valence-electron chi connectivity index (χ1n) is 22.1. The molecule has 334 valence electrons. The number of aliphatic hydroxyl groups excluding tert-OH is 3. The van der Waals surface area contributed by atoms with Crippen LogP contribution in [0.2, 0.25) is 0 Å². The number of aryl methyl sites for hydroxylation is 1. The minimum absolute atomic E-state index is 0.126. The highest BCUT2D eigenvalue weighted by Crippen LogP contribution is 2.30. The number of rotatable bonds is 32. The first-order chi connectivity index (χ1) is 27.7. The number of nitrogens with one attached hydrogen (secondary N) is 1. The van der Waals surface area contributed by atoms with Crippen LogP contribution in [0.15, 0.2) is 30.3 Å². The van der Waals surface area contributed by atoms with Gasteiger partial charge in [0, 0.05) is 24.7 Å². The van der Waals surface area contributed by atoms with Crippen LogP contribution < -0.4 is 11.1 Å². The number of nitrogens with two attached hydrogens (primary N) is 1. The van der Waals surface area contributed by atoms with Crippen molar-refractivity contribution < 1.29 is 53.8 Å². The SMILES string of the molecule is CCCCCCCCCCCCCCOC1OC(CCOC(C)CO)C(O)C(OC(CC(CCC(CCc2ccccc2)C(=O)O)C(=O)NC(C)(C)C)C(N)=O)C1O. The molecule has 2 amide bonds. The summed E-state index contributed by atoms with van der Waals surface area (Å²) in [6, 6.07) is 9.57. The highest BCUT2D eigenvalue weighted by atomic mass is 16.7. The molecule has 7 N–H and O–H groups in total. The molecule has 1 aliphatic heterocycles. The van der Waals surface area contributed by atoms with E-state index in [-0.39, 0.29) is 44.8 Å². The van der Waals surface area contributed by atoms with Crippen LogP contribution in [0, 0.1) is 11.8 Å². The maximum Gasteiger partial charge on any atom is 0.306 e. The lowest BCUT2D eigenvalue weighted by molar-refractivity contribution is -0.310. The first kappa shape index (κ1) is 51.5. The number of amides is 2. The lowest BCUT2D eigenvalue weighted by Gasteiger charge is -2.43. The molecule has 1 saturated heterocycles. The lowest BCUT2D eigenvalue weighted by atomic mass is 9.87. The van der Waals surface area contributed by atoms with E-state index >= 15 is 0 Å². The maximum atomic E-state index is 13.7. The Hall–Kier alpha value is -2.65. The molecule has 0 bridgehead atoms. The Morgan fingerprint density at radius 2 is 1.43 bits per heavy atom. The van der Waals surface area contributed by atoms with Gasteiger partial charge in [-0.1, -0.05) is 108 Å². The third-order valence-electron chi connectivity index (χ3n) is 10.8. The highest BCUT2D eigenvalue weighted by molar-refractivity contribution is 5.82. The van der Waals surface area contributed by atoms with Crippen molar-refractivity contribution >= 4 is 17.8 Å². The summed E-state index contributed by atoms with van der Waals surface area (Å²) in [6.45, 7) is 9.64. The van der Waals surface area contributed by atoms with Crippen LogP contribution in [-0.4, -0.2) is 106 Å². The largest absolute Gasteiger partial charge is 0.481 e. The molecule has 2 rings (SSSR count). The summed E-state index contributed by atoms with van der Waals surface area (Å²) in [5, 5.41) is 45.4. The molecule has 1 aliphatic rings. The summed E-state index contributed by atoms with van der Waals surface area (Å²) in [7, 11) is 0. The molecule has 1 fully saturated rings. The average Bonchev–Trinajstić information content (AvgIpc) is 3.17. The van der Waals surface area contributed by atoms with E-state index in [1.54, 1.807) is 6.92 Å². The number of hydrogen-bond donors (Lipinski definition) is 6. The van der Waals surface area contributed by atoms with Gasteiger partial charge in [-0.3, -0.25) is 14.4 Å². The quantitative estimate of drug-likeness (QED) is 0.0451. The summed E-state index contributed by atoms with van der Waals surface area (Å²) in [5.74, 6) is -3.87. The Labute approximate surface area is 348 Å². The van der Waals surface area contributed by atoms with Gasteiger partial charge in [0.1, 0.15) is 24.4 Å². The van der Waals surface area contributed by atoms with Crippen LogP contribution in [0.4, 0.5) is 0 Å². The number of ether oxygens (including phenoxy) is 4. The zero-order chi connectivity index (χ0) is 42.9. The Morgan fingerprint density at radius 1 is 0.845 bits per heavy atom. The molecule has 0 aromatic heterocycles. The lowest BCUT2D eigenvalue weighted by Crippen LogP contribution is -2.61. The number of carboxylic acids is 1. The first-order valence-corrected chi connectivity index (χ1v) is 22.1. The van der Waals surface area contributed by atoms with Gasteiger partial charge < -0.3 is 50.4 Å². The molecule has 0 aliphatic carbocycles. The van der Waals surface area contributed by atoms with Gasteiger partial charge in [-0.25, -0.2) is 0 Å². The normalized spacial score (nSPS) is 21.9. The minimum Gasteiger partial charge on any atom is -0.481 e. The van der Waals surface area contributed by atoms with Gasteiger partial charge in [0.25, 0.3) is 0 Å². The summed E-state index contributed by atoms with van der Waals surface area (Å²) in [5.41, 5.74) is 6.26. The summed E-state index contributed by atoms with van der Waals surface area (Å²) in [6.07, 6.45) is 7.15. The Kier molecular flexibility index (Phi) is 25.5. The van der Waals surface area contributed by atoms with Gasteiger partial charge in [-0.15, -0.1) is 0 Å². The van der Waals surface area contributed by atoms with Gasteiger partial charge >= 0.3 is 5.97 Å². The van der Waals surface area contributed by atoms with Gasteiger partial charge in [0.15, 0.2) is 6.29 Å². The van der Waals surface area contributed by atoms with Crippen molar-refractivity contribution in [3.05, 3.63) is 35.9 Å². The number of benzene rings is 1. The van der Waals surface area contributed by atoms with Crippen LogP contribution >= 0.6 is 0 Å². The van der Waals surface area contributed by atoms with Crippen molar-refractivity contribution in [3.8, 4) is 0 Å². The van der Waals surface area contributed by atoms with Gasteiger partial charge in [-0.2, -0.15) is 0 Å². The van der Waals surface area contributed by atoms with Crippen LogP contribution in [-0.2, 0) is 39.8 Å². The molecule has 1 aromatic rings. The molecule has 1 heterocycles. The number of carboxylic acid groups (broad SMARTS) is 1. The topological polar surface area (TPSA) is 207 Å². The molecule has 1 aromatic carbocycles. The van der Waals surface area contributed by atoms with Gasteiger partial charge in [0.2, 0.25) is 11.8 Å². The van der Waals surface area contributed by atoms with Crippen molar-refractivity contribution in [2.75, 3.05) is 19.8 Å². The molecule has 13 heteroatoms. The molecule has 0 radical (unpaired) electrons. The third-order valence-corrected chi connectivity index (χ3v) is 10.8. The fourth-order valence-corrected chi connectivity index (χ4v) is 7.31. The second-order valence-corrected chi connectivity index (χ2v) is 17.2. The Balaban J connectivity index is 2.12. The molecular formula is C45H78N2O11. The van der Waals surface area contributed by atoms with E-state index in [1.165, 1.54) is 51.4 Å². The Bertz CT molecular complexity index is 1260. The predicted octanol–water partition coefficient (Wildman–Crippen LogP) is 6.21. The maximum absolute atomic E-state index is 13.7. The van der Waals surface area contributed by atoms with E-state index in [9.17, 15) is 34.8 Å². The molecule has 13 nitrogen and oxygen atoms in total. The monoisotopic (exact) mass is 823 g/mol. The number of carbonyl (C=O) groups excluding carboxylic acids is 2. The van der Waals surface area contributed by atoms with E-state index in [2.05, 4.69) is 12.2 Å². The zero-order valence-corrected chi connectivity index (χ0v) is 36.2.